The third-order valence-electron chi connectivity index (χ3n) is 7.11. The number of benzene rings is 2. The Bertz CT molecular complexity index is 1450. The van der Waals surface area contributed by atoms with Gasteiger partial charge in [-0.15, -0.1) is 5.10 Å². The van der Waals surface area contributed by atoms with E-state index in [1.54, 1.807) is 11.8 Å². The smallest absolute Gasteiger partial charge is 0.338 e. The molecule has 1 aliphatic carbocycles. The molecule has 0 amide bonds. The maximum atomic E-state index is 13.8. The Balaban J connectivity index is 1.54. The van der Waals surface area contributed by atoms with Gasteiger partial charge in [-0.25, -0.2) is 9.48 Å². The second-order valence-corrected chi connectivity index (χ2v) is 12.7. The SMILES string of the molecule is COc1cc(C2C(C(=O)OC3CCCCC3)=C(C)Nc3nc(SCc4ccccc4Cl)nn32)cc(Br)c1OC(C)C. The Hall–Kier alpha value is -2.69. The monoisotopic (exact) mass is 660 g/mol. The number of allylic oxidation sites excluding steroid dienone is 1. The molecule has 1 unspecified atom stereocenters. The molecule has 218 valence electrons. The van der Waals surface area contributed by atoms with E-state index in [2.05, 4.69) is 21.2 Å². The number of thioether (sulfide) groups is 1. The molecule has 1 fully saturated rings. The second-order valence-electron chi connectivity index (χ2n) is 10.5. The quantitative estimate of drug-likeness (QED) is 0.183. The Labute approximate surface area is 258 Å². The fourth-order valence-corrected chi connectivity index (χ4v) is 6.84. The molecule has 1 saturated carbocycles. The first-order valence-electron chi connectivity index (χ1n) is 13.8. The molecule has 1 aromatic heterocycles. The number of aromatic nitrogens is 3. The molecule has 2 heterocycles. The molecule has 1 aliphatic heterocycles. The topological polar surface area (TPSA) is 87.5 Å². The molecule has 41 heavy (non-hydrogen) atoms. The number of methoxy groups -OCH3 is 1. The average Bonchev–Trinajstić information content (AvgIpc) is 3.35. The van der Waals surface area contributed by atoms with Gasteiger partial charge in [0.05, 0.1) is 23.3 Å². The van der Waals surface area contributed by atoms with Gasteiger partial charge in [-0.3, -0.25) is 0 Å². The Morgan fingerprint density at radius 1 is 1.22 bits per heavy atom. The molecule has 0 bridgehead atoms. The van der Waals surface area contributed by atoms with E-state index in [4.69, 9.17) is 35.9 Å². The Kier molecular flexibility index (Phi) is 9.51. The molecule has 0 spiro atoms. The lowest BCUT2D eigenvalue weighted by molar-refractivity contribution is -0.146. The van der Waals surface area contributed by atoms with E-state index in [0.717, 1.165) is 36.8 Å². The van der Waals surface area contributed by atoms with E-state index >= 15 is 0 Å². The fourth-order valence-electron chi connectivity index (χ4n) is 5.17. The van der Waals surface area contributed by atoms with Crippen molar-refractivity contribution >= 4 is 51.2 Å². The first-order chi connectivity index (χ1) is 19.7. The third kappa shape index (κ3) is 6.70. The zero-order valence-corrected chi connectivity index (χ0v) is 26.7. The lowest BCUT2D eigenvalue weighted by Crippen LogP contribution is -2.32. The number of nitrogens with one attached hydrogen (secondary N) is 1. The maximum Gasteiger partial charge on any atom is 0.338 e. The van der Waals surface area contributed by atoms with Crippen molar-refractivity contribution in [2.75, 3.05) is 12.4 Å². The van der Waals surface area contributed by atoms with Gasteiger partial charge in [-0.2, -0.15) is 4.98 Å². The number of halogens is 2. The van der Waals surface area contributed by atoms with Crippen LogP contribution in [0.1, 0.15) is 70.0 Å². The minimum absolute atomic E-state index is 0.0484. The van der Waals surface area contributed by atoms with Gasteiger partial charge in [0.2, 0.25) is 11.1 Å². The molecule has 2 aromatic carbocycles. The summed E-state index contributed by atoms with van der Waals surface area (Å²) in [4.78, 5) is 18.6. The molecule has 8 nitrogen and oxygen atoms in total. The minimum atomic E-state index is -0.595. The summed E-state index contributed by atoms with van der Waals surface area (Å²) in [6.45, 7) is 5.80. The zero-order chi connectivity index (χ0) is 29.1. The number of nitrogens with zero attached hydrogens (tertiary/aromatic N) is 3. The van der Waals surface area contributed by atoms with E-state index in [1.807, 2.05) is 57.2 Å². The van der Waals surface area contributed by atoms with E-state index in [9.17, 15) is 4.79 Å². The van der Waals surface area contributed by atoms with Gasteiger partial charge in [0, 0.05) is 16.5 Å². The summed E-state index contributed by atoms with van der Waals surface area (Å²) in [7, 11) is 1.60. The largest absolute Gasteiger partial charge is 0.493 e. The predicted molar refractivity (Wildman–Crippen MR) is 165 cm³/mol. The van der Waals surface area contributed by atoms with Crippen molar-refractivity contribution in [1.29, 1.82) is 0 Å². The van der Waals surface area contributed by atoms with E-state index in [1.165, 1.54) is 18.2 Å². The number of carbonyl (C=O) groups excluding carboxylic acids is 1. The highest BCUT2D eigenvalue weighted by Gasteiger charge is 2.37. The number of hydrogen-bond donors (Lipinski definition) is 1. The highest BCUT2D eigenvalue weighted by molar-refractivity contribution is 9.10. The van der Waals surface area contributed by atoms with E-state index in [-0.39, 0.29) is 18.2 Å². The molecule has 0 radical (unpaired) electrons. The highest BCUT2D eigenvalue weighted by Crippen LogP contribution is 2.44. The Morgan fingerprint density at radius 2 is 1.98 bits per heavy atom. The van der Waals surface area contributed by atoms with Gasteiger partial charge >= 0.3 is 5.97 Å². The van der Waals surface area contributed by atoms with Crippen LogP contribution >= 0.6 is 39.3 Å². The van der Waals surface area contributed by atoms with Gasteiger partial charge in [0.25, 0.3) is 0 Å². The van der Waals surface area contributed by atoms with Crippen molar-refractivity contribution in [2.45, 2.75) is 82.0 Å². The van der Waals surface area contributed by atoms with Crippen LogP contribution in [0.5, 0.6) is 11.5 Å². The first kappa shape index (κ1) is 29.8. The van der Waals surface area contributed by atoms with Gasteiger partial charge in [0.1, 0.15) is 12.1 Å². The third-order valence-corrected chi connectivity index (χ3v) is 8.96. The summed E-state index contributed by atoms with van der Waals surface area (Å²) in [6, 6.07) is 11.0. The molecule has 5 rings (SSSR count). The van der Waals surface area contributed by atoms with Crippen LogP contribution in [-0.2, 0) is 15.3 Å². The van der Waals surface area contributed by atoms with E-state index in [0.29, 0.717) is 49.1 Å². The van der Waals surface area contributed by atoms with Crippen molar-refractivity contribution < 1.29 is 19.0 Å². The number of carbonyl (C=O) groups is 1. The number of rotatable bonds is 9. The molecule has 0 saturated heterocycles. The molecular formula is C30H34BrClN4O4S. The minimum Gasteiger partial charge on any atom is -0.493 e. The predicted octanol–water partition coefficient (Wildman–Crippen LogP) is 7.95. The van der Waals surface area contributed by atoms with Gasteiger partial charge in [0.15, 0.2) is 11.5 Å². The normalized spacial score (nSPS) is 17.3. The average molecular weight is 662 g/mol. The van der Waals surface area contributed by atoms with Crippen LogP contribution in [0.15, 0.2) is 57.3 Å². The van der Waals surface area contributed by atoms with Crippen molar-refractivity contribution in [3.63, 3.8) is 0 Å². The fraction of sp³-hybridized carbons (Fsp3) is 0.433. The number of fused-ring (bicyclic) bond motifs is 1. The van der Waals surface area contributed by atoms with Crippen LogP contribution in [0, 0.1) is 0 Å². The maximum absolute atomic E-state index is 13.8. The van der Waals surface area contributed by atoms with Crippen LogP contribution in [0.4, 0.5) is 5.95 Å². The molecule has 11 heteroatoms. The van der Waals surface area contributed by atoms with Crippen molar-refractivity contribution in [1.82, 2.24) is 14.8 Å². The summed E-state index contributed by atoms with van der Waals surface area (Å²) in [6.07, 6.45) is 4.95. The van der Waals surface area contributed by atoms with Crippen LogP contribution in [0.3, 0.4) is 0 Å². The number of ether oxygens (including phenoxy) is 3. The molecule has 1 atom stereocenters. The lowest BCUT2D eigenvalue weighted by Gasteiger charge is -2.30. The van der Waals surface area contributed by atoms with Crippen molar-refractivity contribution in [3.8, 4) is 11.5 Å². The van der Waals surface area contributed by atoms with Gasteiger partial charge in [-0.05, 0) is 91.7 Å². The summed E-state index contributed by atoms with van der Waals surface area (Å²) >= 11 is 11.5. The lowest BCUT2D eigenvalue weighted by atomic mass is 9.94. The number of hydrogen-bond acceptors (Lipinski definition) is 8. The van der Waals surface area contributed by atoms with Crippen molar-refractivity contribution in [2.24, 2.45) is 0 Å². The zero-order valence-electron chi connectivity index (χ0n) is 23.6. The number of esters is 1. The summed E-state index contributed by atoms with van der Waals surface area (Å²) in [5.74, 6) is 1.95. The number of anilines is 1. The first-order valence-corrected chi connectivity index (χ1v) is 16.0. The highest BCUT2D eigenvalue weighted by atomic mass is 79.9. The van der Waals surface area contributed by atoms with Crippen LogP contribution in [-0.4, -0.2) is 40.1 Å². The Morgan fingerprint density at radius 3 is 2.68 bits per heavy atom. The standard InChI is InChI=1S/C30H34BrClN4O4S/c1-17(2)39-27-22(31)14-20(15-24(27)38-4)26-25(28(37)40-21-11-6-5-7-12-21)18(3)33-29-34-30(35-36(26)29)41-16-19-10-8-9-13-23(19)32/h8-10,13-15,17,21,26H,5-7,11-12,16H2,1-4H3,(H,33,34,35). The van der Waals surface area contributed by atoms with Crippen LogP contribution in [0.25, 0.3) is 0 Å². The summed E-state index contributed by atoms with van der Waals surface area (Å²) in [5.41, 5.74) is 2.95. The van der Waals surface area contributed by atoms with Gasteiger partial charge < -0.3 is 19.5 Å². The van der Waals surface area contributed by atoms with E-state index < -0.39 is 6.04 Å². The summed E-state index contributed by atoms with van der Waals surface area (Å²) in [5, 5.41) is 9.42. The summed E-state index contributed by atoms with van der Waals surface area (Å²) < 4.78 is 20.3. The molecular weight excluding hydrogens is 628 g/mol. The van der Waals surface area contributed by atoms with Crippen LogP contribution in [0.2, 0.25) is 5.02 Å². The molecule has 3 aromatic rings. The molecule has 2 aliphatic rings. The van der Waals surface area contributed by atoms with Gasteiger partial charge in [-0.1, -0.05) is 48.0 Å². The van der Waals surface area contributed by atoms with Crippen LogP contribution < -0.4 is 14.8 Å². The van der Waals surface area contributed by atoms with Crippen molar-refractivity contribution in [3.05, 3.63) is 68.3 Å². The second kappa shape index (κ2) is 13.1. The molecule has 1 N–H and O–H groups in total.